The summed E-state index contributed by atoms with van der Waals surface area (Å²) in [4.78, 5) is 0. The van der Waals surface area contributed by atoms with Crippen molar-refractivity contribution in [3.63, 3.8) is 0 Å². The molecule has 0 amide bonds. The Kier molecular flexibility index (Phi) is 5.07. The molecule has 0 aromatic carbocycles. The van der Waals surface area contributed by atoms with E-state index in [2.05, 4.69) is 20.8 Å². The van der Waals surface area contributed by atoms with Gasteiger partial charge in [0.15, 0.2) is 0 Å². The first kappa shape index (κ1) is 13.0. The van der Waals surface area contributed by atoms with E-state index in [0.717, 1.165) is 19.4 Å². The zero-order valence-corrected chi connectivity index (χ0v) is 10.6. The molecule has 1 rings (SSSR count). The van der Waals surface area contributed by atoms with Crippen LogP contribution in [-0.4, -0.2) is 18.8 Å². The monoisotopic (exact) mass is 213 g/mol. The average molecular weight is 213 g/mol. The standard InChI is InChI=1S/C13H27NO/c1-13(2,3)10-11(14)6-4-7-12-8-5-9-15-12/h11-12H,4-10,14H2,1-3H3. The normalized spacial score (nSPS) is 24.4. The molecule has 2 nitrogen and oxygen atoms in total. The van der Waals surface area contributed by atoms with Gasteiger partial charge in [0.25, 0.3) is 0 Å². The summed E-state index contributed by atoms with van der Waals surface area (Å²) in [5, 5.41) is 0. The van der Waals surface area contributed by atoms with Crippen LogP contribution in [0.2, 0.25) is 0 Å². The molecule has 1 aliphatic rings. The Morgan fingerprint density at radius 1 is 1.40 bits per heavy atom. The second kappa shape index (κ2) is 5.86. The van der Waals surface area contributed by atoms with E-state index in [-0.39, 0.29) is 0 Å². The second-order valence-corrected chi connectivity index (χ2v) is 6.09. The number of hydrogen-bond acceptors (Lipinski definition) is 2. The lowest BCUT2D eigenvalue weighted by molar-refractivity contribution is 0.101. The third-order valence-corrected chi connectivity index (χ3v) is 3.00. The fraction of sp³-hybridized carbons (Fsp3) is 1.00. The number of ether oxygens (including phenoxy) is 1. The van der Waals surface area contributed by atoms with Gasteiger partial charge in [0.1, 0.15) is 0 Å². The molecule has 0 aromatic rings. The van der Waals surface area contributed by atoms with Crippen molar-refractivity contribution in [1.29, 1.82) is 0 Å². The van der Waals surface area contributed by atoms with Crippen molar-refractivity contribution in [3.8, 4) is 0 Å². The Hall–Kier alpha value is -0.0800. The highest BCUT2D eigenvalue weighted by atomic mass is 16.5. The predicted molar refractivity (Wildman–Crippen MR) is 64.9 cm³/mol. The first-order valence-corrected chi connectivity index (χ1v) is 6.34. The van der Waals surface area contributed by atoms with E-state index < -0.39 is 0 Å². The molecule has 2 atom stereocenters. The summed E-state index contributed by atoms with van der Waals surface area (Å²) < 4.78 is 5.59. The Bertz CT molecular complexity index is 168. The summed E-state index contributed by atoms with van der Waals surface area (Å²) in [5.74, 6) is 0. The molecule has 2 unspecified atom stereocenters. The Morgan fingerprint density at radius 3 is 2.67 bits per heavy atom. The van der Waals surface area contributed by atoms with E-state index in [9.17, 15) is 0 Å². The van der Waals surface area contributed by atoms with Gasteiger partial charge < -0.3 is 10.5 Å². The number of rotatable bonds is 5. The number of hydrogen-bond donors (Lipinski definition) is 1. The molecule has 2 heteroatoms. The summed E-state index contributed by atoms with van der Waals surface area (Å²) in [6.45, 7) is 7.74. The summed E-state index contributed by atoms with van der Waals surface area (Å²) in [5.41, 5.74) is 6.47. The Balaban J connectivity index is 2.03. The van der Waals surface area contributed by atoms with Gasteiger partial charge in [-0.2, -0.15) is 0 Å². The van der Waals surface area contributed by atoms with Crippen LogP contribution in [0.3, 0.4) is 0 Å². The Labute approximate surface area is 94.6 Å². The molecule has 1 aliphatic heterocycles. The van der Waals surface area contributed by atoms with E-state index in [1.807, 2.05) is 0 Å². The van der Waals surface area contributed by atoms with Gasteiger partial charge in [-0.3, -0.25) is 0 Å². The summed E-state index contributed by atoms with van der Waals surface area (Å²) in [6.07, 6.45) is 7.75. The van der Waals surface area contributed by atoms with Crippen LogP contribution in [0.15, 0.2) is 0 Å². The first-order chi connectivity index (χ1) is 6.97. The van der Waals surface area contributed by atoms with Gasteiger partial charge in [-0.25, -0.2) is 0 Å². The lowest BCUT2D eigenvalue weighted by atomic mass is 9.86. The van der Waals surface area contributed by atoms with Gasteiger partial charge in [-0.05, 0) is 43.9 Å². The molecule has 15 heavy (non-hydrogen) atoms. The summed E-state index contributed by atoms with van der Waals surface area (Å²) in [7, 11) is 0. The number of nitrogens with two attached hydrogens (primary N) is 1. The average Bonchev–Trinajstić information content (AvgIpc) is 2.53. The minimum atomic E-state index is 0.364. The smallest absolute Gasteiger partial charge is 0.0576 e. The maximum absolute atomic E-state index is 6.10. The van der Waals surface area contributed by atoms with Crippen LogP contribution in [0, 0.1) is 5.41 Å². The van der Waals surface area contributed by atoms with Crippen molar-refractivity contribution in [3.05, 3.63) is 0 Å². The zero-order valence-electron chi connectivity index (χ0n) is 10.6. The second-order valence-electron chi connectivity index (χ2n) is 6.09. The third kappa shape index (κ3) is 6.16. The lowest BCUT2D eigenvalue weighted by Gasteiger charge is -2.23. The minimum Gasteiger partial charge on any atom is -0.378 e. The quantitative estimate of drug-likeness (QED) is 0.761. The molecule has 0 bridgehead atoms. The molecule has 0 saturated carbocycles. The Morgan fingerprint density at radius 2 is 2.13 bits per heavy atom. The molecule has 0 radical (unpaired) electrons. The summed E-state index contributed by atoms with van der Waals surface area (Å²) in [6, 6.07) is 0.367. The molecule has 0 spiro atoms. The van der Waals surface area contributed by atoms with Crippen LogP contribution in [0.1, 0.15) is 59.3 Å². The fourth-order valence-electron chi connectivity index (χ4n) is 2.37. The van der Waals surface area contributed by atoms with Gasteiger partial charge in [0, 0.05) is 12.6 Å². The van der Waals surface area contributed by atoms with Crippen molar-refractivity contribution in [1.82, 2.24) is 0 Å². The van der Waals surface area contributed by atoms with Gasteiger partial charge >= 0.3 is 0 Å². The fourth-order valence-corrected chi connectivity index (χ4v) is 2.37. The highest BCUT2D eigenvalue weighted by Crippen LogP contribution is 2.23. The molecule has 0 aromatic heterocycles. The van der Waals surface area contributed by atoms with E-state index >= 15 is 0 Å². The van der Waals surface area contributed by atoms with Gasteiger partial charge in [-0.15, -0.1) is 0 Å². The largest absolute Gasteiger partial charge is 0.378 e. The zero-order chi connectivity index (χ0) is 11.3. The minimum absolute atomic E-state index is 0.364. The predicted octanol–water partition coefficient (Wildman–Crippen LogP) is 3.10. The third-order valence-electron chi connectivity index (χ3n) is 3.00. The van der Waals surface area contributed by atoms with Crippen molar-refractivity contribution in [2.75, 3.05) is 6.61 Å². The topological polar surface area (TPSA) is 35.2 Å². The molecule has 2 N–H and O–H groups in total. The van der Waals surface area contributed by atoms with Gasteiger partial charge in [-0.1, -0.05) is 20.8 Å². The van der Waals surface area contributed by atoms with Crippen molar-refractivity contribution in [2.24, 2.45) is 11.1 Å². The van der Waals surface area contributed by atoms with Crippen LogP contribution in [0.5, 0.6) is 0 Å². The van der Waals surface area contributed by atoms with Crippen LogP contribution >= 0.6 is 0 Å². The van der Waals surface area contributed by atoms with Crippen LogP contribution < -0.4 is 5.73 Å². The maximum atomic E-state index is 6.10. The van der Waals surface area contributed by atoms with Crippen molar-refractivity contribution >= 4 is 0 Å². The lowest BCUT2D eigenvalue weighted by Crippen LogP contribution is -2.26. The molecular formula is C13H27NO. The molecule has 1 saturated heterocycles. The van der Waals surface area contributed by atoms with Crippen molar-refractivity contribution < 1.29 is 4.74 Å². The van der Waals surface area contributed by atoms with Crippen LogP contribution in [-0.2, 0) is 4.74 Å². The SMILES string of the molecule is CC(C)(C)CC(N)CCCC1CCCO1. The molecule has 1 fully saturated rings. The molecule has 90 valence electrons. The van der Waals surface area contributed by atoms with Crippen LogP contribution in [0.4, 0.5) is 0 Å². The highest BCUT2D eigenvalue weighted by molar-refractivity contribution is 4.73. The molecule has 1 heterocycles. The highest BCUT2D eigenvalue weighted by Gasteiger charge is 2.18. The van der Waals surface area contributed by atoms with E-state index in [4.69, 9.17) is 10.5 Å². The van der Waals surface area contributed by atoms with E-state index in [1.54, 1.807) is 0 Å². The van der Waals surface area contributed by atoms with Gasteiger partial charge in [0.05, 0.1) is 6.10 Å². The maximum Gasteiger partial charge on any atom is 0.0576 e. The van der Waals surface area contributed by atoms with Crippen LogP contribution in [0.25, 0.3) is 0 Å². The molecular weight excluding hydrogens is 186 g/mol. The summed E-state index contributed by atoms with van der Waals surface area (Å²) >= 11 is 0. The molecule has 0 aliphatic carbocycles. The first-order valence-electron chi connectivity index (χ1n) is 6.34. The van der Waals surface area contributed by atoms with E-state index in [0.29, 0.717) is 17.6 Å². The van der Waals surface area contributed by atoms with Gasteiger partial charge in [0.2, 0.25) is 0 Å². The van der Waals surface area contributed by atoms with E-state index in [1.165, 1.54) is 25.7 Å². The van der Waals surface area contributed by atoms with Crippen molar-refractivity contribution in [2.45, 2.75) is 71.4 Å².